The molecule has 4 aromatic rings. The van der Waals surface area contributed by atoms with Gasteiger partial charge in [0.2, 0.25) is 0 Å². The van der Waals surface area contributed by atoms with Crippen LogP contribution in [0.4, 0.5) is 0 Å². The Hall–Kier alpha value is -3.87. The summed E-state index contributed by atoms with van der Waals surface area (Å²) >= 11 is 0. The second-order valence-corrected chi connectivity index (χ2v) is 6.88. The lowest BCUT2D eigenvalue weighted by Gasteiger charge is -2.14. The summed E-state index contributed by atoms with van der Waals surface area (Å²) in [4.78, 5) is 4.34. The van der Waals surface area contributed by atoms with E-state index >= 15 is 0 Å². The Labute approximate surface area is 176 Å². The van der Waals surface area contributed by atoms with Gasteiger partial charge in [0.15, 0.2) is 5.96 Å². The molecule has 7 heteroatoms. The van der Waals surface area contributed by atoms with E-state index < -0.39 is 0 Å². The molecule has 2 aromatic heterocycles. The fraction of sp³-hybridized carbons (Fsp3) is 0.174. The summed E-state index contributed by atoms with van der Waals surface area (Å²) in [5.41, 5.74) is 4.57. The molecule has 0 saturated heterocycles. The van der Waals surface area contributed by atoms with Crippen molar-refractivity contribution in [2.45, 2.75) is 19.6 Å². The van der Waals surface area contributed by atoms with Crippen LogP contribution in [0.2, 0.25) is 0 Å². The van der Waals surface area contributed by atoms with Crippen molar-refractivity contribution in [3.63, 3.8) is 0 Å². The molecule has 0 unspecified atom stereocenters. The number of para-hydroxylation sites is 1. The molecule has 2 heterocycles. The van der Waals surface area contributed by atoms with Crippen LogP contribution in [-0.4, -0.2) is 32.6 Å². The Morgan fingerprint density at radius 2 is 1.67 bits per heavy atom. The summed E-state index contributed by atoms with van der Waals surface area (Å²) in [5.74, 6) is 0.747. The van der Waals surface area contributed by atoms with Crippen molar-refractivity contribution in [1.82, 2.24) is 30.2 Å². The minimum atomic E-state index is 0.640. The molecule has 0 spiro atoms. The van der Waals surface area contributed by atoms with Crippen molar-refractivity contribution in [2.24, 2.45) is 4.99 Å². The molecule has 0 aliphatic rings. The van der Waals surface area contributed by atoms with Gasteiger partial charge in [0.25, 0.3) is 0 Å². The van der Waals surface area contributed by atoms with Gasteiger partial charge >= 0.3 is 0 Å². The first-order valence-corrected chi connectivity index (χ1v) is 9.89. The summed E-state index contributed by atoms with van der Waals surface area (Å²) in [6, 6.07) is 20.4. The monoisotopic (exact) mass is 399 g/mol. The van der Waals surface area contributed by atoms with Crippen LogP contribution in [0.15, 0.2) is 90.4 Å². The molecule has 0 fully saturated rings. The molecule has 4 rings (SSSR count). The topological polar surface area (TPSA) is 72.1 Å². The van der Waals surface area contributed by atoms with E-state index in [-0.39, 0.29) is 0 Å². The largest absolute Gasteiger partial charge is 0.352 e. The highest BCUT2D eigenvalue weighted by Gasteiger charge is 2.06. The first kappa shape index (κ1) is 19.4. The number of hydrogen-bond acceptors (Lipinski definition) is 3. The smallest absolute Gasteiger partial charge is 0.191 e. The Morgan fingerprint density at radius 3 is 2.43 bits per heavy atom. The van der Waals surface area contributed by atoms with Crippen LogP contribution in [0.5, 0.6) is 0 Å². The molecule has 2 N–H and O–H groups in total. The third-order valence-corrected chi connectivity index (χ3v) is 4.80. The van der Waals surface area contributed by atoms with Crippen LogP contribution in [0.1, 0.15) is 16.7 Å². The van der Waals surface area contributed by atoms with E-state index in [0.717, 1.165) is 23.8 Å². The molecule has 0 amide bonds. The van der Waals surface area contributed by atoms with Crippen LogP contribution in [0, 0.1) is 0 Å². The van der Waals surface area contributed by atoms with Gasteiger partial charge in [-0.25, -0.2) is 4.68 Å². The summed E-state index contributed by atoms with van der Waals surface area (Å²) in [6.07, 6.45) is 7.66. The number of hydrogen-bond donors (Lipinski definition) is 2. The van der Waals surface area contributed by atoms with Gasteiger partial charge in [0.1, 0.15) is 0 Å². The first-order valence-electron chi connectivity index (χ1n) is 9.89. The van der Waals surface area contributed by atoms with Gasteiger partial charge in [-0.1, -0.05) is 42.5 Å². The van der Waals surface area contributed by atoms with Crippen molar-refractivity contribution in [3.8, 4) is 5.69 Å². The first-order chi connectivity index (χ1) is 14.8. The maximum absolute atomic E-state index is 4.44. The highest BCUT2D eigenvalue weighted by molar-refractivity contribution is 5.79. The molecular formula is C23H25N7. The molecule has 0 radical (unpaired) electrons. The maximum atomic E-state index is 4.44. The summed E-state index contributed by atoms with van der Waals surface area (Å²) in [6.45, 7) is 2.07. The quantitative estimate of drug-likeness (QED) is 0.370. The number of aliphatic imine (C=N–C) groups is 1. The second kappa shape index (κ2) is 9.56. The molecule has 0 aliphatic heterocycles. The normalized spacial score (nSPS) is 11.4. The number of rotatable bonds is 7. The number of nitrogens with zero attached hydrogens (tertiary/aromatic N) is 5. The van der Waals surface area contributed by atoms with Gasteiger partial charge in [-0.2, -0.15) is 10.2 Å². The minimum Gasteiger partial charge on any atom is -0.352 e. The number of nitrogens with one attached hydrogen (secondary N) is 2. The van der Waals surface area contributed by atoms with Crippen LogP contribution >= 0.6 is 0 Å². The summed E-state index contributed by atoms with van der Waals surface area (Å²) in [7, 11) is 1.78. The highest BCUT2D eigenvalue weighted by atomic mass is 15.3. The lowest BCUT2D eigenvalue weighted by Crippen LogP contribution is -2.36. The predicted molar refractivity (Wildman–Crippen MR) is 118 cm³/mol. The zero-order chi connectivity index (χ0) is 20.6. The molecule has 0 bridgehead atoms. The van der Waals surface area contributed by atoms with Crippen LogP contribution in [0.25, 0.3) is 5.69 Å². The molecule has 0 saturated carbocycles. The van der Waals surface area contributed by atoms with Gasteiger partial charge in [-0.15, -0.1) is 0 Å². The lowest BCUT2D eigenvalue weighted by atomic mass is 10.1. The van der Waals surface area contributed by atoms with Crippen molar-refractivity contribution in [3.05, 3.63) is 102 Å². The van der Waals surface area contributed by atoms with E-state index in [0.29, 0.717) is 13.1 Å². The average Bonchev–Trinajstić information content (AvgIpc) is 3.48. The zero-order valence-corrected chi connectivity index (χ0v) is 16.9. The van der Waals surface area contributed by atoms with Gasteiger partial charge in [0, 0.05) is 44.3 Å². The van der Waals surface area contributed by atoms with Crippen molar-refractivity contribution in [2.75, 3.05) is 7.05 Å². The third-order valence-electron chi connectivity index (χ3n) is 4.80. The highest BCUT2D eigenvalue weighted by Crippen LogP contribution is 2.10. The van der Waals surface area contributed by atoms with E-state index in [1.54, 1.807) is 13.2 Å². The van der Waals surface area contributed by atoms with Crippen molar-refractivity contribution in [1.29, 1.82) is 0 Å². The average molecular weight is 400 g/mol. The summed E-state index contributed by atoms with van der Waals surface area (Å²) in [5, 5.41) is 15.5. The number of guanidine groups is 1. The van der Waals surface area contributed by atoms with Crippen LogP contribution in [-0.2, 0) is 19.6 Å². The minimum absolute atomic E-state index is 0.640. The van der Waals surface area contributed by atoms with E-state index in [1.807, 2.05) is 64.4 Å². The van der Waals surface area contributed by atoms with Crippen molar-refractivity contribution >= 4 is 5.96 Å². The molecule has 152 valence electrons. The maximum Gasteiger partial charge on any atom is 0.191 e. The van der Waals surface area contributed by atoms with E-state index in [1.165, 1.54) is 11.1 Å². The second-order valence-electron chi connectivity index (χ2n) is 6.88. The molecule has 7 nitrogen and oxygen atoms in total. The van der Waals surface area contributed by atoms with Crippen LogP contribution in [0.3, 0.4) is 0 Å². The predicted octanol–water partition coefficient (Wildman–Crippen LogP) is 2.98. The van der Waals surface area contributed by atoms with Gasteiger partial charge in [-0.3, -0.25) is 9.67 Å². The van der Waals surface area contributed by atoms with Gasteiger partial charge < -0.3 is 10.6 Å². The van der Waals surface area contributed by atoms with Crippen LogP contribution < -0.4 is 10.6 Å². The Kier molecular flexibility index (Phi) is 6.19. The lowest BCUT2D eigenvalue weighted by molar-refractivity contribution is 0.677. The third kappa shape index (κ3) is 4.94. The standard InChI is InChI=1S/C23H25N7/c1-24-23(25-14-19-15-28-30(17-19)22-10-3-2-4-11-22)26-16-20-8-5-6-9-21(20)18-29-13-7-12-27-29/h2-13,15,17H,14,16,18H2,1H3,(H2,24,25,26). The Balaban J connectivity index is 1.33. The molecule has 2 aromatic carbocycles. The summed E-state index contributed by atoms with van der Waals surface area (Å²) < 4.78 is 3.80. The zero-order valence-electron chi connectivity index (χ0n) is 16.9. The number of aromatic nitrogens is 4. The molecular weight excluding hydrogens is 374 g/mol. The number of benzene rings is 2. The Bertz CT molecular complexity index is 1080. The molecule has 30 heavy (non-hydrogen) atoms. The van der Waals surface area contributed by atoms with Crippen molar-refractivity contribution < 1.29 is 0 Å². The fourth-order valence-corrected chi connectivity index (χ4v) is 3.21. The van der Waals surface area contributed by atoms with E-state index in [4.69, 9.17) is 0 Å². The SMILES string of the molecule is CN=C(NCc1cnn(-c2ccccc2)c1)NCc1ccccc1Cn1cccn1. The molecule has 0 atom stereocenters. The van der Waals surface area contributed by atoms with Gasteiger partial charge in [-0.05, 0) is 29.3 Å². The fourth-order valence-electron chi connectivity index (χ4n) is 3.21. The Morgan fingerprint density at radius 1 is 0.900 bits per heavy atom. The van der Waals surface area contributed by atoms with E-state index in [9.17, 15) is 0 Å². The molecule has 0 aliphatic carbocycles. The van der Waals surface area contributed by atoms with Gasteiger partial charge in [0.05, 0.1) is 18.4 Å². The van der Waals surface area contributed by atoms with E-state index in [2.05, 4.69) is 50.1 Å².